The van der Waals surface area contributed by atoms with E-state index >= 15 is 0 Å². The van der Waals surface area contributed by atoms with Crippen molar-refractivity contribution in [3.05, 3.63) is 28.2 Å². The zero-order chi connectivity index (χ0) is 18.5. The topological polar surface area (TPSA) is 75.1 Å². The van der Waals surface area contributed by atoms with Crippen LogP contribution in [0.2, 0.25) is 10.0 Å². The van der Waals surface area contributed by atoms with Crippen molar-refractivity contribution in [1.82, 2.24) is 10.6 Å². The summed E-state index contributed by atoms with van der Waals surface area (Å²) in [6.07, 6.45) is 0.130. The average molecular weight is 520 g/mol. The Hall–Kier alpha value is -0.480. The first-order valence-corrected chi connectivity index (χ1v) is 9.18. The molecule has 9 heteroatoms. The van der Waals surface area contributed by atoms with Crippen LogP contribution in [-0.2, 0) is 4.74 Å². The van der Waals surface area contributed by atoms with Crippen LogP contribution in [0.3, 0.4) is 0 Å². The summed E-state index contributed by atoms with van der Waals surface area (Å²) >= 11 is 12.0. The van der Waals surface area contributed by atoms with Crippen molar-refractivity contribution >= 4 is 53.1 Å². The molecule has 0 aliphatic rings. The summed E-state index contributed by atoms with van der Waals surface area (Å²) in [7, 11) is 0. The molecule has 0 aliphatic heterocycles. The number of nitrogens with zero attached hydrogens (tertiary/aromatic N) is 1. The van der Waals surface area contributed by atoms with Crippen molar-refractivity contribution in [3.63, 3.8) is 0 Å². The van der Waals surface area contributed by atoms with E-state index in [0.717, 1.165) is 26.1 Å². The monoisotopic (exact) mass is 519 g/mol. The first-order chi connectivity index (χ1) is 12.1. The second kappa shape index (κ2) is 15.6. The van der Waals surface area contributed by atoms with Crippen LogP contribution in [0, 0.1) is 0 Å². The number of halogens is 3. The second-order valence-corrected chi connectivity index (χ2v) is 6.00. The van der Waals surface area contributed by atoms with E-state index in [0.29, 0.717) is 28.4 Å². The third-order valence-corrected chi connectivity index (χ3v) is 3.92. The summed E-state index contributed by atoms with van der Waals surface area (Å²) in [6, 6.07) is 5.12. The SMILES string of the molecule is CCNC(=NCC(O)COc1cccc(Cl)c1Cl)NCCCOCC.I. The van der Waals surface area contributed by atoms with Crippen LogP contribution in [-0.4, -0.2) is 56.6 Å². The molecular formula is C17H28Cl2IN3O3. The molecule has 0 spiro atoms. The Morgan fingerprint density at radius 2 is 2.04 bits per heavy atom. The summed E-state index contributed by atoms with van der Waals surface area (Å²) in [5, 5.41) is 17.1. The third kappa shape index (κ3) is 10.6. The number of ether oxygens (including phenoxy) is 2. The van der Waals surface area contributed by atoms with Crippen molar-refractivity contribution in [2.24, 2.45) is 4.99 Å². The summed E-state index contributed by atoms with van der Waals surface area (Å²) in [5.41, 5.74) is 0. The largest absolute Gasteiger partial charge is 0.489 e. The molecule has 0 bridgehead atoms. The molecule has 0 heterocycles. The molecule has 0 amide bonds. The molecule has 0 radical (unpaired) electrons. The molecule has 0 saturated heterocycles. The van der Waals surface area contributed by atoms with Gasteiger partial charge < -0.3 is 25.2 Å². The minimum Gasteiger partial charge on any atom is -0.489 e. The molecule has 0 aromatic heterocycles. The van der Waals surface area contributed by atoms with Gasteiger partial charge in [0.1, 0.15) is 23.5 Å². The van der Waals surface area contributed by atoms with Gasteiger partial charge in [0, 0.05) is 26.3 Å². The lowest BCUT2D eigenvalue weighted by Crippen LogP contribution is -2.39. The molecule has 0 aliphatic carbocycles. The summed E-state index contributed by atoms with van der Waals surface area (Å²) in [5.74, 6) is 1.09. The van der Waals surface area contributed by atoms with Crippen LogP contribution in [0.1, 0.15) is 20.3 Å². The number of guanidine groups is 1. The van der Waals surface area contributed by atoms with E-state index in [1.807, 2.05) is 13.8 Å². The van der Waals surface area contributed by atoms with Crippen molar-refractivity contribution in [2.45, 2.75) is 26.4 Å². The molecule has 1 aromatic rings. The first kappa shape index (κ1) is 25.5. The molecule has 0 fully saturated rings. The molecule has 1 atom stereocenters. The Labute approximate surface area is 182 Å². The van der Waals surface area contributed by atoms with Crippen LogP contribution in [0.25, 0.3) is 0 Å². The zero-order valence-electron chi connectivity index (χ0n) is 15.1. The van der Waals surface area contributed by atoms with E-state index in [1.54, 1.807) is 18.2 Å². The quantitative estimate of drug-likeness (QED) is 0.181. The van der Waals surface area contributed by atoms with E-state index in [1.165, 1.54) is 0 Å². The van der Waals surface area contributed by atoms with Gasteiger partial charge in [-0.3, -0.25) is 4.99 Å². The molecule has 3 N–H and O–H groups in total. The fourth-order valence-electron chi connectivity index (χ4n) is 1.90. The maximum absolute atomic E-state index is 10.0. The minimum atomic E-state index is -0.756. The highest BCUT2D eigenvalue weighted by atomic mass is 127. The number of aliphatic hydroxyl groups excluding tert-OH is 1. The van der Waals surface area contributed by atoms with Gasteiger partial charge in [0.2, 0.25) is 0 Å². The molecule has 0 saturated carbocycles. The Balaban J connectivity index is 0.00000625. The Bertz CT molecular complexity index is 536. The Morgan fingerprint density at radius 1 is 1.27 bits per heavy atom. The predicted molar refractivity (Wildman–Crippen MR) is 118 cm³/mol. The Morgan fingerprint density at radius 3 is 2.73 bits per heavy atom. The normalized spacial score (nSPS) is 12.3. The van der Waals surface area contributed by atoms with Crippen LogP contribution in [0.15, 0.2) is 23.2 Å². The van der Waals surface area contributed by atoms with Crippen molar-refractivity contribution < 1.29 is 14.6 Å². The molecule has 150 valence electrons. The lowest BCUT2D eigenvalue weighted by atomic mass is 10.3. The minimum absolute atomic E-state index is 0. The first-order valence-electron chi connectivity index (χ1n) is 8.43. The van der Waals surface area contributed by atoms with E-state index in [2.05, 4.69) is 15.6 Å². The molecular weight excluding hydrogens is 492 g/mol. The fourth-order valence-corrected chi connectivity index (χ4v) is 2.24. The highest BCUT2D eigenvalue weighted by Crippen LogP contribution is 2.31. The molecule has 1 unspecified atom stereocenters. The lowest BCUT2D eigenvalue weighted by Gasteiger charge is -2.14. The van der Waals surface area contributed by atoms with Crippen molar-refractivity contribution in [3.8, 4) is 5.75 Å². The summed E-state index contributed by atoms with van der Waals surface area (Å²) in [6.45, 7) is 7.15. The van der Waals surface area contributed by atoms with E-state index in [4.69, 9.17) is 32.7 Å². The van der Waals surface area contributed by atoms with Gasteiger partial charge in [-0.1, -0.05) is 29.3 Å². The van der Waals surface area contributed by atoms with Crippen LogP contribution in [0.4, 0.5) is 0 Å². The van der Waals surface area contributed by atoms with Crippen LogP contribution in [0.5, 0.6) is 5.75 Å². The van der Waals surface area contributed by atoms with E-state index in [-0.39, 0.29) is 37.1 Å². The number of nitrogens with one attached hydrogen (secondary N) is 2. The highest BCUT2D eigenvalue weighted by molar-refractivity contribution is 14.0. The Kier molecular flexibility index (Phi) is 15.3. The fraction of sp³-hybridized carbons (Fsp3) is 0.588. The number of aliphatic hydroxyl groups is 1. The predicted octanol–water partition coefficient (Wildman–Crippen LogP) is 3.33. The molecule has 1 aromatic carbocycles. The second-order valence-electron chi connectivity index (χ2n) is 5.21. The highest BCUT2D eigenvalue weighted by Gasteiger charge is 2.09. The average Bonchev–Trinajstić information content (AvgIpc) is 2.60. The standard InChI is InChI=1S/C17H27Cl2N3O3.HI/c1-3-20-17(21-9-6-10-24-4-2)22-11-13(23)12-25-15-8-5-7-14(18)16(15)19;/h5,7-8,13,23H,3-4,6,9-12H2,1-2H3,(H2,20,21,22);1H. The van der Waals surface area contributed by atoms with Gasteiger partial charge in [0.05, 0.1) is 11.6 Å². The maximum Gasteiger partial charge on any atom is 0.191 e. The summed E-state index contributed by atoms with van der Waals surface area (Å²) in [4.78, 5) is 4.35. The van der Waals surface area contributed by atoms with Gasteiger partial charge in [-0.2, -0.15) is 0 Å². The zero-order valence-corrected chi connectivity index (χ0v) is 19.0. The number of hydrogen-bond acceptors (Lipinski definition) is 4. The van der Waals surface area contributed by atoms with Crippen LogP contribution < -0.4 is 15.4 Å². The van der Waals surface area contributed by atoms with Gasteiger partial charge in [-0.25, -0.2) is 0 Å². The van der Waals surface area contributed by atoms with Gasteiger partial charge in [0.25, 0.3) is 0 Å². The number of aliphatic imine (C=N–C) groups is 1. The van der Waals surface area contributed by atoms with Crippen molar-refractivity contribution in [2.75, 3.05) is 39.5 Å². The number of rotatable bonds is 11. The number of hydrogen-bond donors (Lipinski definition) is 3. The smallest absolute Gasteiger partial charge is 0.191 e. The van der Waals surface area contributed by atoms with Gasteiger partial charge in [0.15, 0.2) is 5.96 Å². The van der Waals surface area contributed by atoms with E-state index < -0.39 is 6.10 Å². The summed E-state index contributed by atoms with van der Waals surface area (Å²) < 4.78 is 10.8. The van der Waals surface area contributed by atoms with Crippen LogP contribution >= 0.6 is 47.2 Å². The number of benzene rings is 1. The van der Waals surface area contributed by atoms with E-state index in [9.17, 15) is 5.11 Å². The lowest BCUT2D eigenvalue weighted by molar-refractivity contribution is 0.114. The van der Waals surface area contributed by atoms with Gasteiger partial charge in [-0.05, 0) is 32.4 Å². The molecule has 26 heavy (non-hydrogen) atoms. The maximum atomic E-state index is 10.0. The van der Waals surface area contributed by atoms with Gasteiger partial charge >= 0.3 is 0 Å². The molecule has 6 nitrogen and oxygen atoms in total. The molecule has 1 rings (SSSR count). The van der Waals surface area contributed by atoms with Crippen molar-refractivity contribution in [1.29, 1.82) is 0 Å². The van der Waals surface area contributed by atoms with Gasteiger partial charge in [-0.15, -0.1) is 24.0 Å². The third-order valence-electron chi connectivity index (χ3n) is 3.11.